The molecule has 0 heterocycles. The highest BCUT2D eigenvalue weighted by atomic mass is 32.2. The number of benzene rings is 3. The van der Waals surface area contributed by atoms with Gasteiger partial charge in [0.15, 0.2) is 5.78 Å². The fourth-order valence-corrected chi connectivity index (χ4v) is 3.48. The SMILES string of the molecule is O=C(c1ccc(O)cc1)c1ccccc1S(=O)c1ccc(O)cc1. The summed E-state index contributed by atoms with van der Waals surface area (Å²) in [6, 6.07) is 18.7. The van der Waals surface area contributed by atoms with Crippen LogP contribution in [0.5, 0.6) is 11.5 Å². The summed E-state index contributed by atoms with van der Waals surface area (Å²) in [4.78, 5) is 13.6. The molecule has 0 radical (unpaired) electrons. The van der Waals surface area contributed by atoms with E-state index in [-0.39, 0.29) is 17.3 Å². The first kappa shape index (κ1) is 16.0. The highest BCUT2D eigenvalue weighted by molar-refractivity contribution is 7.85. The lowest BCUT2D eigenvalue weighted by molar-refractivity contribution is 0.103. The monoisotopic (exact) mass is 338 g/mol. The highest BCUT2D eigenvalue weighted by Gasteiger charge is 2.18. The van der Waals surface area contributed by atoms with Crippen LogP contribution in [-0.2, 0) is 10.8 Å². The Balaban J connectivity index is 2.01. The van der Waals surface area contributed by atoms with E-state index in [0.717, 1.165) is 0 Å². The van der Waals surface area contributed by atoms with Crippen LogP contribution < -0.4 is 0 Å². The first-order chi connectivity index (χ1) is 11.6. The molecule has 0 fully saturated rings. The molecule has 3 aromatic carbocycles. The molecule has 0 aromatic heterocycles. The Kier molecular flexibility index (Phi) is 4.44. The molecule has 0 spiro atoms. The number of rotatable bonds is 4. The number of hydrogen-bond acceptors (Lipinski definition) is 4. The summed E-state index contributed by atoms with van der Waals surface area (Å²) >= 11 is 0. The standard InChI is InChI=1S/C19H14O4S/c20-14-7-5-13(6-8-14)19(22)17-3-1-2-4-18(17)24(23)16-11-9-15(21)10-12-16/h1-12,20-21H. The second-order valence-electron chi connectivity index (χ2n) is 5.13. The predicted octanol–water partition coefficient (Wildman–Crippen LogP) is 3.50. The summed E-state index contributed by atoms with van der Waals surface area (Å²) in [5.41, 5.74) is 0.748. The van der Waals surface area contributed by atoms with E-state index in [1.165, 1.54) is 36.4 Å². The largest absolute Gasteiger partial charge is 0.508 e. The van der Waals surface area contributed by atoms with Crippen LogP contribution >= 0.6 is 0 Å². The summed E-state index contributed by atoms with van der Waals surface area (Å²) in [6.45, 7) is 0. The third-order valence-corrected chi connectivity index (χ3v) is 4.97. The molecule has 0 bridgehead atoms. The van der Waals surface area contributed by atoms with E-state index in [4.69, 9.17) is 0 Å². The van der Waals surface area contributed by atoms with Gasteiger partial charge >= 0.3 is 0 Å². The summed E-state index contributed by atoms with van der Waals surface area (Å²) in [7, 11) is -1.55. The first-order valence-corrected chi connectivity index (χ1v) is 8.35. The van der Waals surface area contributed by atoms with Gasteiger partial charge in [-0.05, 0) is 60.7 Å². The zero-order valence-corrected chi connectivity index (χ0v) is 13.4. The van der Waals surface area contributed by atoms with Gasteiger partial charge in [-0.3, -0.25) is 4.79 Å². The molecule has 24 heavy (non-hydrogen) atoms. The Morgan fingerprint density at radius 2 is 1.29 bits per heavy atom. The van der Waals surface area contributed by atoms with E-state index in [1.807, 2.05) is 0 Å². The van der Waals surface area contributed by atoms with Gasteiger partial charge < -0.3 is 10.2 Å². The molecular formula is C19H14O4S. The van der Waals surface area contributed by atoms with Crippen LogP contribution in [-0.4, -0.2) is 20.2 Å². The average molecular weight is 338 g/mol. The lowest BCUT2D eigenvalue weighted by Gasteiger charge is -2.09. The summed E-state index contributed by atoms with van der Waals surface area (Å²) in [5, 5.41) is 18.7. The molecule has 4 nitrogen and oxygen atoms in total. The Hall–Kier alpha value is -2.92. The van der Waals surface area contributed by atoms with Crippen molar-refractivity contribution in [1.29, 1.82) is 0 Å². The van der Waals surface area contributed by atoms with Gasteiger partial charge in [0.1, 0.15) is 11.5 Å². The quantitative estimate of drug-likeness (QED) is 0.714. The predicted molar refractivity (Wildman–Crippen MR) is 90.8 cm³/mol. The normalized spacial score (nSPS) is 11.8. The van der Waals surface area contributed by atoms with Crippen molar-refractivity contribution in [2.45, 2.75) is 9.79 Å². The molecule has 1 atom stereocenters. The zero-order valence-electron chi connectivity index (χ0n) is 12.5. The number of carbonyl (C=O) groups is 1. The second kappa shape index (κ2) is 6.68. The van der Waals surface area contributed by atoms with Crippen molar-refractivity contribution in [3.63, 3.8) is 0 Å². The van der Waals surface area contributed by atoms with E-state index in [9.17, 15) is 19.2 Å². The number of hydrogen-bond donors (Lipinski definition) is 2. The molecular weight excluding hydrogens is 324 g/mol. The number of aromatic hydroxyl groups is 2. The van der Waals surface area contributed by atoms with Crippen molar-refractivity contribution in [1.82, 2.24) is 0 Å². The molecule has 0 saturated carbocycles. The van der Waals surface area contributed by atoms with Gasteiger partial charge in [-0.2, -0.15) is 0 Å². The van der Waals surface area contributed by atoms with Gasteiger partial charge in [0.05, 0.1) is 15.7 Å². The topological polar surface area (TPSA) is 74.6 Å². The molecule has 0 saturated heterocycles. The third-order valence-electron chi connectivity index (χ3n) is 3.51. The van der Waals surface area contributed by atoms with E-state index in [2.05, 4.69) is 0 Å². The number of phenolic OH excluding ortho intramolecular Hbond substituents is 2. The van der Waals surface area contributed by atoms with Gasteiger partial charge in [-0.15, -0.1) is 0 Å². The number of phenols is 2. The van der Waals surface area contributed by atoms with Crippen LogP contribution in [0, 0.1) is 0 Å². The number of ketones is 1. The Morgan fingerprint density at radius 1 is 0.750 bits per heavy atom. The molecule has 1 unspecified atom stereocenters. The Labute approximate surface area is 141 Å². The first-order valence-electron chi connectivity index (χ1n) is 7.20. The molecule has 2 N–H and O–H groups in total. The Bertz CT molecular complexity index is 823. The molecule has 0 amide bonds. The molecule has 120 valence electrons. The van der Waals surface area contributed by atoms with Gasteiger partial charge in [0.2, 0.25) is 0 Å². The van der Waals surface area contributed by atoms with E-state index in [0.29, 0.717) is 20.9 Å². The van der Waals surface area contributed by atoms with E-state index < -0.39 is 10.8 Å². The van der Waals surface area contributed by atoms with Gasteiger partial charge in [0, 0.05) is 16.0 Å². The molecule has 0 aliphatic heterocycles. The average Bonchev–Trinajstić information content (AvgIpc) is 2.62. The third kappa shape index (κ3) is 3.21. The van der Waals surface area contributed by atoms with Gasteiger partial charge in [0.25, 0.3) is 0 Å². The molecule has 3 rings (SSSR count). The van der Waals surface area contributed by atoms with Crippen molar-refractivity contribution in [3.05, 3.63) is 83.9 Å². The summed E-state index contributed by atoms with van der Waals surface area (Å²) in [6.07, 6.45) is 0. The minimum absolute atomic E-state index is 0.0764. The van der Waals surface area contributed by atoms with Crippen molar-refractivity contribution in [2.24, 2.45) is 0 Å². The van der Waals surface area contributed by atoms with Crippen LogP contribution in [0.3, 0.4) is 0 Å². The molecule has 0 aliphatic rings. The van der Waals surface area contributed by atoms with Crippen LogP contribution in [0.1, 0.15) is 15.9 Å². The summed E-state index contributed by atoms with van der Waals surface area (Å²) in [5.74, 6) is -0.102. The lowest BCUT2D eigenvalue weighted by Crippen LogP contribution is -2.07. The van der Waals surface area contributed by atoms with Crippen molar-refractivity contribution < 1.29 is 19.2 Å². The summed E-state index contributed by atoms with van der Waals surface area (Å²) < 4.78 is 12.8. The maximum atomic E-state index is 12.8. The van der Waals surface area contributed by atoms with Crippen LogP contribution in [0.4, 0.5) is 0 Å². The van der Waals surface area contributed by atoms with E-state index in [1.54, 1.807) is 36.4 Å². The van der Waals surface area contributed by atoms with Crippen LogP contribution in [0.2, 0.25) is 0 Å². The maximum absolute atomic E-state index is 12.8. The molecule has 0 aliphatic carbocycles. The van der Waals surface area contributed by atoms with Crippen LogP contribution in [0.25, 0.3) is 0 Å². The van der Waals surface area contributed by atoms with Crippen molar-refractivity contribution in [2.75, 3.05) is 0 Å². The zero-order chi connectivity index (χ0) is 17.1. The van der Waals surface area contributed by atoms with E-state index >= 15 is 0 Å². The van der Waals surface area contributed by atoms with Gasteiger partial charge in [-0.25, -0.2) is 4.21 Å². The minimum Gasteiger partial charge on any atom is -0.508 e. The Morgan fingerprint density at radius 3 is 1.92 bits per heavy atom. The van der Waals surface area contributed by atoms with Crippen molar-refractivity contribution >= 4 is 16.6 Å². The molecule has 3 aromatic rings. The number of carbonyl (C=O) groups excluding carboxylic acids is 1. The van der Waals surface area contributed by atoms with Crippen molar-refractivity contribution in [3.8, 4) is 11.5 Å². The molecule has 5 heteroatoms. The fraction of sp³-hybridized carbons (Fsp3) is 0. The second-order valence-corrected chi connectivity index (χ2v) is 6.58. The fourth-order valence-electron chi connectivity index (χ4n) is 2.28. The maximum Gasteiger partial charge on any atom is 0.194 e. The van der Waals surface area contributed by atoms with Gasteiger partial charge in [-0.1, -0.05) is 12.1 Å². The smallest absolute Gasteiger partial charge is 0.194 e. The highest BCUT2D eigenvalue weighted by Crippen LogP contribution is 2.24. The minimum atomic E-state index is -1.55. The van der Waals surface area contributed by atoms with Crippen LogP contribution in [0.15, 0.2) is 82.6 Å². The lowest BCUT2D eigenvalue weighted by atomic mass is 10.0.